The van der Waals surface area contributed by atoms with Crippen LogP contribution in [0.15, 0.2) is 36.4 Å². The Morgan fingerprint density at radius 3 is 1.93 bits per heavy atom. The molecule has 1 N–H and O–H groups in total. The van der Waals surface area contributed by atoms with Crippen molar-refractivity contribution >= 4 is 0 Å². The highest BCUT2D eigenvalue weighted by Gasteiger charge is 2.59. The summed E-state index contributed by atoms with van der Waals surface area (Å²) in [5, 5.41) is 11.5. The lowest BCUT2D eigenvalue weighted by Crippen LogP contribution is -2.39. The van der Waals surface area contributed by atoms with Crippen molar-refractivity contribution in [2.45, 2.75) is 17.8 Å². The third-order valence-electron chi connectivity index (χ3n) is 5.84. The van der Waals surface area contributed by atoms with Gasteiger partial charge in [-0.15, -0.1) is 0 Å². The molecule has 2 aromatic rings. The van der Waals surface area contributed by atoms with Gasteiger partial charge in [-0.1, -0.05) is 12.1 Å². The number of methoxy groups -OCH3 is 4. The minimum absolute atomic E-state index is 0.176. The molecule has 0 unspecified atom stereocenters. The Labute approximate surface area is 170 Å². The van der Waals surface area contributed by atoms with Gasteiger partial charge < -0.3 is 33.5 Å². The Balaban J connectivity index is 1.63. The van der Waals surface area contributed by atoms with Crippen molar-refractivity contribution in [3.63, 3.8) is 0 Å². The van der Waals surface area contributed by atoms with Crippen LogP contribution in [0, 0.1) is 5.92 Å². The van der Waals surface area contributed by atoms with Crippen molar-refractivity contribution < 1.29 is 33.5 Å². The molecule has 0 radical (unpaired) electrons. The SMILES string of the molecule is COc1ccc([C@H]2OC[C@]3(O)[C@@H](c4ccc(OC)c(OC)c4)OC[C@@H]23)cc1OC. The van der Waals surface area contributed by atoms with E-state index < -0.39 is 11.7 Å². The first-order valence-electron chi connectivity index (χ1n) is 9.45. The molecule has 4 rings (SSSR count). The number of rotatable bonds is 6. The van der Waals surface area contributed by atoms with Gasteiger partial charge in [0, 0.05) is 5.92 Å². The highest BCUT2D eigenvalue weighted by atomic mass is 16.6. The summed E-state index contributed by atoms with van der Waals surface area (Å²) in [5.74, 6) is 2.29. The average molecular weight is 402 g/mol. The summed E-state index contributed by atoms with van der Waals surface area (Å²) in [6.45, 7) is 0.560. The summed E-state index contributed by atoms with van der Waals surface area (Å²) < 4.78 is 33.5. The molecule has 2 fully saturated rings. The summed E-state index contributed by atoms with van der Waals surface area (Å²) in [5.41, 5.74) is 0.599. The van der Waals surface area contributed by atoms with Gasteiger partial charge in [-0.2, -0.15) is 0 Å². The normalized spacial score (nSPS) is 28.1. The standard InChI is InChI=1S/C22H26O7/c1-24-16-7-5-13(9-18(16)26-3)20-15-11-28-21(22(15,23)12-29-20)14-6-8-17(25-2)19(10-14)27-4/h5-10,15,20-21,23H,11-12H2,1-4H3/t15-,20+,21+,22+/m0/s1. The molecule has 2 aliphatic rings. The monoisotopic (exact) mass is 402 g/mol. The topological polar surface area (TPSA) is 75.6 Å². The predicted octanol–water partition coefficient (Wildman–Crippen LogP) is 2.91. The largest absolute Gasteiger partial charge is 0.493 e. The summed E-state index contributed by atoms with van der Waals surface area (Å²) in [7, 11) is 6.37. The van der Waals surface area contributed by atoms with Crippen molar-refractivity contribution in [2.24, 2.45) is 5.92 Å². The highest BCUT2D eigenvalue weighted by Crippen LogP contribution is 2.54. The van der Waals surface area contributed by atoms with Crippen molar-refractivity contribution in [3.8, 4) is 23.0 Å². The van der Waals surface area contributed by atoms with Crippen LogP contribution in [0.2, 0.25) is 0 Å². The van der Waals surface area contributed by atoms with Crippen LogP contribution in [0.25, 0.3) is 0 Å². The van der Waals surface area contributed by atoms with Crippen LogP contribution in [0.3, 0.4) is 0 Å². The van der Waals surface area contributed by atoms with E-state index in [2.05, 4.69) is 0 Å². The Morgan fingerprint density at radius 1 is 0.793 bits per heavy atom. The second kappa shape index (κ2) is 7.74. The van der Waals surface area contributed by atoms with Gasteiger partial charge in [0.25, 0.3) is 0 Å². The first-order chi connectivity index (χ1) is 14.0. The van der Waals surface area contributed by atoms with Gasteiger partial charge in [-0.3, -0.25) is 0 Å². The van der Waals surface area contributed by atoms with Crippen LogP contribution in [-0.4, -0.2) is 52.4 Å². The van der Waals surface area contributed by atoms with Gasteiger partial charge >= 0.3 is 0 Å². The molecule has 0 aliphatic carbocycles. The molecule has 2 aliphatic heterocycles. The highest BCUT2D eigenvalue weighted by molar-refractivity contribution is 5.46. The van der Waals surface area contributed by atoms with Crippen molar-refractivity contribution in [1.29, 1.82) is 0 Å². The fourth-order valence-electron chi connectivity index (χ4n) is 4.31. The first-order valence-corrected chi connectivity index (χ1v) is 9.45. The second-order valence-electron chi connectivity index (χ2n) is 7.27. The van der Waals surface area contributed by atoms with Gasteiger partial charge in [-0.25, -0.2) is 0 Å². The molecular formula is C22H26O7. The third-order valence-corrected chi connectivity index (χ3v) is 5.84. The number of benzene rings is 2. The molecule has 0 amide bonds. The van der Waals surface area contributed by atoms with E-state index in [0.29, 0.717) is 29.6 Å². The van der Waals surface area contributed by atoms with Crippen LogP contribution >= 0.6 is 0 Å². The fraction of sp³-hybridized carbons (Fsp3) is 0.455. The van der Waals surface area contributed by atoms with Gasteiger partial charge in [0.05, 0.1) is 47.8 Å². The molecule has 29 heavy (non-hydrogen) atoms. The van der Waals surface area contributed by atoms with Gasteiger partial charge in [0.15, 0.2) is 23.0 Å². The predicted molar refractivity (Wildman–Crippen MR) is 105 cm³/mol. The molecule has 7 heteroatoms. The van der Waals surface area contributed by atoms with E-state index in [-0.39, 0.29) is 18.6 Å². The zero-order valence-electron chi connectivity index (χ0n) is 17.0. The van der Waals surface area contributed by atoms with Crippen molar-refractivity contribution in [1.82, 2.24) is 0 Å². The Bertz CT molecular complexity index is 883. The molecule has 2 aromatic carbocycles. The quantitative estimate of drug-likeness (QED) is 0.796. The molecule has 4 atom stereocenters. The minimum Gasteiger partial charge on any atom is -0.493 e. The van der Waals surface area contributed by atoms with Crippen molar-refractivity contribution in [2.75, 3.05) is 41.7 Å². The zero-order valence-corrected chi connectivity index (χ0v) is 17.0. The zero-order chi connectivity index (χ0) is 20.6. The van der Waals surface area contributed by atoms with Crippen molar-refractivity contribution in [3.05, 3.63) is 47.5 Å². The second-order valence-corrected chi connectivity index (χ2v) is 7.27. The molecular weight excluding hydrogens is 376 g/mol. The molecule has 0 spiro atoms. The molecule has 156 valence electrons. The minimum atomic E-state index is -1.14. The summed E-state index contributed by atoms with van der Waals surface area (Å²) >= 11 is 0. The number of fused-ring (bicyclic) bond motifs is 1. The van der Waals surface area contributed by atoms with E-state index in [9.17, 15) is 5.11 Å². The van der Waals surface area contributed by atoms with E-state index in [1.807, 2.05) is 36.4 Å². The Morgan fingerprint density at radius 2 is 1.34 bits per heavy atom. The van der Waals surface area contributed by atoms with Crippen LogP contribution in [-0.2, 0) is 9.47 Å². The summed E-state index contributed by atoms with van der Waals surface area (Å²) in [6.07, 6.45) is -0.817. The maximum atomic E-state index is 11.5. The number of hydrogen-bond acceptors (Lipinski definition) is 7. The van der Waals surface area contributed by atoms with E-state index in [4.69, 9.17) is 28.4 Å². The molecule has 0 saturated carbocycles. The summed E-state index contributed by atoms with van der Waals surface area (Å²) in [4.78, 5) is 0. The lowest BCUT2D eigenvalue weighted by Gasteiger charge is -2.27. The average Bonchev–Trinajstić information content (AvgIpc) is 3.27. The molecule has 7 nitrogen and oxygen atoms in total. The number of ether oxygens (including phenoxy) is 6. The van der Waals surface area contributed by atoms with Gasteiger partial charge in [-0.05, 0) is 35.4 Å². The molecule has 2 saturated heterocycles. The van der Waals surface area contributed by atoms with Crippen LogP contribution in [0.5, 0.6) is 23.0 Å². The molecule has 0 bridgehead atoms. The molecule has 2 heterocycles. The van der Waals surface area contributed by atoms with E-state index in [1.165, 1.54) is 0 Å². The smallest absolute Gasteiger partial charge is 0.161 e. The Kier molecular flexibility index (Phi) is 5.29. The lowest BCUT2D eigenvalue weighted by molar-refractivity contribution is -0.0628. The fourth-order valence-corrected chi connectivity index (χ4v) is 4.31. The van der Waals surface area contributed by atoms with Gasteiger partial charge in [0.2, 0.25) is 0 Å². The molecule has 0 aromatic heterocycles. The van der Waals surface area contributed by atoms with Crippen LogP contribution in [0.1, 0.15) is 23.3 Å². The summed E-state index contributed by atoms with van der Waals surface area (Å²) in [6, 6.07) is 11.2. The van der Waals surface area contributed by atoms with E-state index in [0.717, 1.165) is 11.1 Å². The maximum Gasteiger partial charge on any atom is 0.161 e. The lowest BCUT2D eigenvalue weighted by atomic mass is 9.81. The third kappa shape index (κ3) is 3.19. The van der Waals surface area contributed by atoms with Crippen LogP contribution in [0.4, 0.5) is 0 Å². The van der Waals surface area contributed by atoms with E-state index >= 15 is 0 Å². The number of hydrogen-bond donors (Lipinski definition) is 1. The first kappa shape index (κ1) is 19.8. The van der Waals surface area contributed by atoms with E-state index in [1.54, 1.807) is 28.4 Å². The van der Waals surface area contributed by atoms with Gasteiger partial charge in [0.1, 0.15) is 11.7 Å². The Hall–Kier alpha value is -2.48. The maximum absolute atomic E-state index is 11.5. The number of aliphatic hydroxyl groups is 1. The van der Waals surface area contributed by atoms with Crippen LogP contribution < -0.4 is 18.9 Å².